The van der Waals surface area contributed by atoms with E-state index in [9.17, 15) is 4.79 Å². The zero-order valence-corrected chi connectivity index (χ0v) is 18.9. The number of aliphatic imine (C=N–C) groups is 1. The van der Waals surface area contributed by atoms with E-state index < -0.39 is 0 Å². The van der Waals surface area contributed by atoms with Gasteiger partial charge in [-0.3, -0.25) is 9.79 Å². The number of rotatable bonds is 9. The molecule has 0 aliphatic heterocycles. The Balaban J connectivity index is 1.84. The molecule has 7 heteroatoms. The van der Waals surface area contributed by atoms with Crippen LogP contribution in [0.1, 0.15) is 32.6 Å². The summed E-state index contributed by atoms with van der Waals surface area (Å²) in [6.45, 7) is 6.33. The summed E-state index contributed by atoms with van der Waals surface area (Å²) in [5.74, 6) is 0.711. The van der Waals surface area contributed by atoms with Gasteiger partial charge in [0, 0.05) is 54.5 Å². The van der Waals surface area contributed by atoms with Gasteiger partial charge in [-0.15, -0.1) is 11.3 Å². The Kier molecular flexibility index (Phi) is 9.15. The quantitative estimate of drug-likeness (QED) is 0.435. The molecule has 0 aliphatic rings. The molecule has 0 spiro atoms. The molecule has 0 saturated carbocycles. The minimum Gasteiger partial charge on any atom is -0.354 e. The first-order chi connectivity index (χ1) is 13.9. The highest BCUT2D eigenvalue weighted by Crippen LogP contribution is 2.16. The lowest BCUT2D eigenvalue weighted by molar-refractivity contribution is 0.0951. The van der Waals surface area contributed by atoms with E-state index in [1.807, 2.05) is 54.6 Å². The van der Waals surface area contributed by atoms with Gasteiger partial charge in [-0.1, -0.05) is 12.1 Å². The molecule has 0 fully saturated rings. The summed E-state index contributed by atoms with van der Waals surface area (Å²) in [6.07, 6.45) is 0.960. The van der Waals surface area contributed by atoms with E-state index in [0.717, 1.165) is 24.5 Å². The fourth-order valence-electron chi connectivity index (χ4n) is 2.88. The van der Waals surface area contributed by atoms with Crippen LogP contribution in [0.2, 0.25) is 0 Å². The average molecular weight is 416 g/mol. The third-order valence-corrected chi connectivity index (χ3v) is 5.43. The van der Waals surface area contributed by atoms with Crippen molar-refractivity contribution in [2.45, 2.75) is 32.9 Å². The minimum atomic E-state index is -0.0453. The van der Waals surface area contributed by atoms with Crippen molar-refractivity contribution in [3.63, 3.8) is 0 Å². The highest BCUT2D eigenvalue weighted by molar-refractivity contribution is 7.11. The molecule has 0 saturated heterocycles. The minimum absolute atomic E-state index is 0.0453. The first kappa shape index (κ1) is 22.9. The number of nitrogens with one attached hydrogen (secondary N) is 3. The maximum Gasteiger partial charge on any atom is 0.251 e. The van der Waals surface area contributed by atoms with Crippen LogP contribution in [0, 0.1) is 6.92 Å². The largest absolute Gasteiger partial charge is 0.354 e. The number of carbonyl (C=O) groups excluding carboxylic acids is 1. The van der Waals surface area contributed by atoms with Crippen LogP contribution in [0.5, 0.6) is 0 Å². The van der Waals surface area contributed by atoms with Gasteiger partial charge in [-0.2, -0.15) is 0 Å². The van der Waals surface area contributed by atoms with Crippen molar-refractivity contribution < 1.29 is 4.79 Å². The zero-order valence-electron chi connectivity index (χ0n) is 18.1. The van der Waals surface area contributed by atoms with Crippen molar-refractivity contribution in [2.24, 2.45) is 4.99 Å². The number of thiophene rings is 1. The molecule has 1 aromatic carbocycles. The van der Waals surface area contributed by atoms with Crippen LogP contribution in [-0.4, -0.2) is 57.0 Å². The summed E-state index contributed by atoms with van der Waals surface area (Å²) in [4.78, 5) is 21.4. The topological polar surface area (TPSA) is 68.8 Å². The van der Waals surface area contributed by atoms with E-state index in [1.165, 1.54) is 9.75 Å². The molecule has 1 heterocycles. The zero-order chi connectivity index (χ0) is 21.2. The lowest BCUT2D eigenvalue weighted by Crippen LogP contribution is -2.42. The Hall–Kier alpha value is -2.38. The van der Waals surface area contributed by atoms with Gasteiger partial charge in [0.2, 0.25) is 0 Å². The predicted octanol–water partition coefficient (Wildman–Crippen LogP) is 2.64. The number of amides is 1. The average Bonchev–Trinajstić information content (AvgIpc) is 3.09. The molecular formula is C22H33N5OS. The third kappa shape index (κ3) is 8.25. The van der Waals surface area contributed by atoms with Crippen molar-refractivity contribution in [2.75, 3.05) is 34.2 Å². The van der Waals surface area contributed by atoms with E-state index in [2.05, 4.69) is 46.9 Å². The molecule has 1 aromatic heterocycles. The van der Waals surface area contributed by atoms with Crippen LogP contribution >= 0.6 is 11.3 Å². The molecule has 1 unspecified atom stereocenters. The summed E-state index contributed by atoms with van der Waals surface area (Å²) in [7, 11) is 5.75. The molecule has 6 nitrogen and oxygen atoms in total. The monoisotopic (exact) mass is 415 g/mol. The fraction of sp³-hybridized carbons (Fsp3) is 0.455. The number of guanidine groups is 1. The number of benzene rings is 1. The fourth-order valence-corrected chi connectivity index (χ4v) is 3.90. The van der Waals surface area contributed by atoms with Crippen molar-refractivity contribution in [1.82, 2.24) is 20.9 Å². The molecule has 0 radical (unpaired) electrons. The SMILES string of the molecule is CN=C(NCc1cccc(C(=O)NCCN(C)C)c1)NC(C)Cc1ccc(C)s1. The van der Waals surface area contributed by atoms with Gasteiger partial charge in [-0.25, -0.2) is 0 Å². The molecule has 3 N–H and O–H groups in total. The Morgan fingerprint density at radius 2 is 2.00 bits per heavy atom. The van der Waals surface area contributed by atoms with Gasteiger partial charge >= 0.3 is 0 Å². The summed E-state index contributed by atoms with van der Waals surface area (Å²) >= 11 is 1.83. The molecule has 0 aliphatic carbocycles. The first-order valence-corrected chi connectivity index (χ1v) is 10.7. The van der Waals surface area contributed by atoms with Crippen LogP contribution in [0.3, 0.4) is 0 Å². The Labute approximate surface area is 178 Å². The summed E-state index contributed by atoms with van der Waals surface area (Å²) in [5, 5.41) is 9.72. The van der Waals surface area contributed by atoms with Gasteiger partial charge in [0.05, 0.1) is 0 Å². The van der Waals surface area contributed by atoms with Crippen molar-refractivity contribution in [3.05, 3.63) is 57.3 Å². The van der Waals surface area contributed by atoms with Gasteiger partial charge in [0.15, 0.2) is 5.96 Å². The second kappa shape index (κ2) is 11.6. The van der Waals surface area contributed by atoms with Crippen LogP contribution in [0.15, 0.2) is 41.4 Å². The van der Waals surface area contributed by atoms with E-state index in [-0.39, 0.29) is 11.9 Å². The summed E-state index contributed by atoms with van der Waals surface area (Å²) in [6, 6.07) is 12.3. The summed E-state index contributed by atoms with van der Waals surface area (Å²) in [5.41, 5.74) is 1.71. The van der Waals surface area contributed by atoms with Gasteiger partial charge in [0.1, 0.15) is 0 Å². The van der Waals surface area contributed by atoms with Crippen molar-refractivity contribution >= 4 is 23.2 Å². The maximum absolute atomic E-state index is 12.3. The third-order valence-electron chi connectivity index (χ3n) is 4.40. The van der Waals surface area contributed by atoms with Crippen LogP contribution in [-0.2, 0) is 13.0 Å². The van der Waals surface area contributed by atoms with Gasteiger partial charge < -0.3 is 20.9 Å². The summed E-state index contributed by atoms with van der Waals surface area (Å²) < 4.78 is 0. The van der Waals surface area contributed by atoms with Gasteiger partial charge in [0.25, 0.3) is 5.91 Å². The van der Waals surface area contributed by atoms with Crippen molar-refractivity contribution in [3.8, 4) is 0 Å². The van der Waals surface area contributed by atoms with Crippen molar-refractivity contribution in [1.29, 1.82) is 0 Å². The highest BCUT2D eigenvalue weighted by atomic mass is 32.1. The van der Waals surface area contributed by atoms with E-state index >= 15 is 0 Å². The predicted molar refractivity (Wildman–Crippen MR) is 123 cm³/mol. The molecule has 29 heavy (non-hydrogen) atoms. The first-order valence-electron chi connectivity index (χ1n) is 9.91. The molecule has 2 aromatic rings. The Morgan fingerprint density at radius 1 is 1.21 bits per heavy atom. The maximum atomic E-state index is 12.3. The normalized spacial score (nSPS) is 12.7. The van der Waals surface area contributed by atoms with E-state index in [1.54, 1.807) is 7.05 Å². The smallest absolute Gasteiger partial charge is 0.251 e. The molecule has 1 amide bonds. The second-order valence-corrected chi connectivity index (χ2v) is 8.82. The van der Waals surface area contributed by atoms with E-state index in [4.69, 9.17) is 0 Å². The van der Waals surface area contributed by atoms with Crippen LogP contribution < -0.4 is 16.0 Å². The molecule has 0 bridgehead atoms. The standard InChI is InChI=1S/C22H33N5OS/c1-16(13-20-10-9-17(2)29-20)26-22(23-3)25-15-18-7-6-8-19(14-18)21(28)24-11-12-27(4)5/h6-10,14,16H,11-13,15H2,1-5H3,(H,24,28)(H2,23,25,26). The number of nitrogens with zero attached hydrogens (tertiary/aromatic N) is 2. The number of likely N-dealkylation sites (N-methyl/N-ethyl adjacent to an activating group) is 1. The number of aryl methyl sites for hydroxylation is 1. The van der Waals surface area contributed by atoms with Crippen LogP contribution in [0.25, 0.3) is 0 Å². The Morgan fingerprint density at radius 3 is 2.66 bits per heavy atom. The second-order valence-electron chi connectivity index (χ2n) is 7.45. The van der Waals surface area contributed by atoms with Crippen LogP contribution in [0.4, 0.5) is 0 Å². The molecule has 2 rings (SSSR count). The molecular weight excluding hydrogens is 382 g/mol. The lowest BCUT2D eigenvalue weighted by atomic mass is 10.1. The number of hydrogen-bond donors (Lipinski definition) is 3. The molecule has 158 valence electrons. The van der Waals surface area contributed by atoms with E-state index in [0.29, 0.717) is 18.7 Å². The number of carbonyl (C=O) groups is 1. The van der Waals surface area contributed by atoms with Gasteiger partial charge in [-0.05, 0) is 57.8 Å². The molecule has 1 atom stereocenters. The highest BCUT2D eigenvalue weighted by Gasteiger charge is 2.09. The number of hydrogen-bond acceptors (Lipinski definition) is 4. The lowest BCUT2D eigenvalue weighted by Gasteiger charge is -2.17. The Bertz CT molecular complexity index is 815.